The molecule has 8 heteroatoms. The van der Waals surface area contributed by atoms with E-state index in [-0.39, 0.29) is 11.8 Å². The van der Waals surface area contributed by atoms with Crippen molar-refractivity contribution in [2.75, 3.05) is 11.6 Å². The third kappa shape index (κ3) is 5.41. The maximum absolute atomic E-state index is 13.0. The van der Waals surface area contributed by atoms with Crippen LogP contribution in [0.1, 0.15) is 43.6 Å². The van der Waals surface area contributed by atoms with Crippen molar-refractivity contribution < 1.29 is 9.00 Å². The fourth-order valence-corrected chi connectivity index (χ4v) is 5.25. The molecule has 1 unspecified atom stereocenters. The topological polar surface area (TPSA) is 82.8 Å². The Labute approximate surface area is 170 Å². The predicted molar refractivity (Wildman–Crippen MR) is 110 cm³/mol. The lowest BCUT2D eigenvalue weighted by Gasteiger charge is -2.20. The Morgan fingerprint density at radius 2 is 2.11 bits per heavy atom. The molecule has 0 saturated heterocycles. The number of anilines is 1. The van der Waals surface area contributed by atoms with E-state index in [0.717, 1.165) is 32.9 Å². The Hall–Kier alpha value is -1.69. The first-order valence-electron chi connectivity index (χ1n) is 8.83. The van der Waals surface area contributed by atoms with Crippen molar-refractivity contribution in [1.82, 2.24) is 4.98 Å². The molecule has 1 aromatic heterocycles. The van der Waals surface area contributed by atoms with Gasteiger partial charge in [0, 0.05) is 33.7 Å². The number of rotatable bonds is 7. The smallest absolute Gasteiger partial charge is 0.233 e. The fourth-order valence-electron chi connectivity index (χ4n) is 3.47. The third-order valence-electron chi connectivity index (χ3n) is 4.84. The molecule has 1 amide bonds. The summed E-state index contributed by atoms with van der Waals surface area (Å²) in [7, 11) is -1.03. The van der Waals surface area contributed by atoms with E-state index in [1.54, 1.807) is 12.5 Å². The van der Waals surface area contributed by atoms with Gasteiger partial charge in [-0.3, -0.25) is 9.00 Å². The van der Waals surface area contributed by atoms with Gasteiger partial charge in [-0.2, -0.15) is 5.26 Å². The lowest BCUT2D eigenvalue weighted by atomic mass is 9.87. The summed E-state index contributed by atoms with van der Waals surface area (Å²) in [6.45, 7) is 0. The van der Waals surface area contributed by atoms with E-state index < -0.39 is 10.8 Å². The van der Waals surface area contributed by atoms with Crippen LogP contribution >= 0.6 is 23.1 Å². The number of amides is 1. The van der Waals surface area contributed by atoms with Gasteiger partial charge in [-0.25, -0.2) is 4.98 Å². The molecule has 2 atom stereocenters. The minimum absolute atomic E-state index is 0.0740. The zero-order valence-electron chi connectivity index (χ0n) is 15.0. The molecule has 142 valence electrons. The maximum atomic E-state index is 13.0. The first-order valence-corrected chi connectivity index (χ1v) is 12.0. The number of hydrogen-bond donors (Lipinski definition) is 1. The lowest BCUT2D eigenvalue weighted by Crippen LogP contribution is -2.23. The molecular formula is C19H21N3O2S3. The number of hydrogen-bond acceptors (Lipinski definition) is 6. The summed E-state index contributed by atoms with van der Waals surface area (Å²) >= 11 is 2.34. The Bertz CT molecular complexity index is 852. The third-order valence-corrected chi connectivity index (χ3v) is 7.38. The number of thiocyanates is 1. The van der Waals surface area contributed by atoms with Crippen LogP contribution in [-0.4, -0.2) is 21.4 Å². The molecule has 1 aliphatic carbocycles. The Balaban J connectivity index is 1.78. The van der Waals surface area contributed by atoms with Gasteiger partial charge in [-0.05, 0) is 30.0 Å². The van der Waals surface area contributed by atoms with E-state index in [1.165, 1.54) is 37.0 Å². The summed E-state index contributed by atoms with van der Waals surface area (Å²) in [5.41, 5.74) is 0.941. The second-order valence-electron chi connectivity index (χ2n) is 6.63. The van der Waals surface area contributed by atoms with Gasteiger partial charge in [0.1, 0.15) is 5.40 Å². The number of thiazole rings is 1. The number of carbonyl (C=O) groups is 1. The average molecular weight is 420 g/mol. The fraction of sp³-hybridized carbons (Fsp3) is 0.421. The van der Waals surface area contributed by atoms with Crippen molar-refractivity contribution in [3.63, 3.8) is 0 Å². The molecule has 3 rings (SSSR count). The van der Waals surface area contributed by atoms with E-state index in [9.17, 15) is 9.00 Å². The van der Waals surface area contributed by atoms with Gasteiger partial charge in [0.2, 0.25) is 5.91 Å². The molecule has 1 aliphatic rings. The SMILES string of the molecule is CS(=O)c1ccc([C@@H](CC2CCCC2)C(=O)Nc2ncc(SC#N)s2)cc1. The number of benzene rings is 1. The summed E-state index contributed by atoms with van der Waals surface area (Å²) in [5.74, 6) is 0.222. The monoisotopic (exact) mass is 419 g/mol. The standard InChI is InChI=1S/C19H21N3O2S3/c1-27(24)15-8-6-14(7-9-15)16(10-13-4-2-3-5-13)18(23)22-19-21-11-17(26-19)25-12-20/h6-9,11,13,16H,2-5,10H2,1H3,(H,21,22,23)/t16-,27?/m1/s1. The highest BCUT2D eigenvalue weighted by Crippen LogP contribution is 2.35. The molecule has 1 aromatic carbocycles. The highest BCUT2D eigenvalue weighted by Gasteiger charge is 2.27. The second-order valence-corrected chi connectivity index (χ2v) is 10.1. The minimum atomic E-state index is -1.03. The second kappa shape index (κ2) is 9.49. The molecule has 27 heavy (non-hydrogen) atoms. The van der Waals surface area contributed by atoms with Gasteiger partial charge >= 0.3 is 0 Å². The average Bonchev–Trinajstić information content (AvgIpc) is 3.32. The summed E-state index contributed by atoms with van der Waals surface area (Å²) in [6.07, 6.45) is 8.86. The zero-order chi connectivity index (χ0) is 19.2. The maximum Gasteiger partial charge on any atom is 0.233 e. The molecule has 1 N–H and O–H groups in total. The molecule has 5 nitrogen and oxygen atoms in total. The van der Waals surface area contributed by atoms with Crippen LogP contribution in [0.5, 0.6) is 0 Å². The van der Waals surface area contributed by atoms with Crippen LogP contribution < -0.4 is 5.32 Å². The molecule has 0 bridgehead atoms. The van der Waals surface area contributed by atoms with E-state index in [2.05, 4.69) is 10.3 Å². The minimum Gasteiger partial charge on any atom is -0.301 e. The molecule has 0 spiro atoms. The van der Waals surface area contributed by atoms with Gasteiger partial charge in [0.05, 0.1) is 16.3 Å². The van der Waals surface area contributed by atoms with E-state index in [1.807, 2.05) is 29.7 Å². The van der Waals surface area contributed by atoms with E-state index in [0.29, 0.717) is 11.0 Å². The van der Waals surface area contributed by atoms with Crippen molar-refractivity contribution in [1.29, 1.82) is 5.26 Å². The van der Waals surface area contributed by atoms with Crippen LogP contribution in [0.15, 0.2) is 39.6 Å². The molecule has 1 saturated carbocycles. The lowest BCUT2D eigenvalue weighted by molar-refractivity contribution is -0.118. The van der Waals surface area contributed by atoms with Crippen LogP contribution in [-0.2, 0) is 15.6 Å². The van der Waals surface area contributed by atoms with Crippen LogP contribution in [0, 0.1) is 16.6 Å². The van der Waals surface area contributed by atoms with Gasteiger partial charge in [0.15, 0.2) is 5.13 Å². The van der Waals surface area contributed by atoms with Crippen molar-refractivity contribution in [3.05, 3.63) is 36.0 Å². The summed E-state index contributed by atoms with van der Waals surface area (Å²) in [5, 5.41) is 14.2. The number of nitrogens with zero attached hydrogens (tertiary/aromatic N) is 2. The molecule has 0 aliphatic heterocycles. The van der Waals surface area contributed by atoms with E-state index in [4.69, 9.17) is 5.26 Å². The highest BCUT2D eigenvalue weighted by atomic mass is 32.2. The first-order chi connectivity index (χ1) is 13.1. The summed E-state index contributed by atoms with van der Waals surface area (Å²) in [6, 6.07) is 7.50. The van der Waals surface area contributed by atoms with Crippen molar-refractivity contribution in [2.45, 2.75) is 47.1 Å². The number of nitriles is 1. The van der Waals surface area contributed by atoms with Gasteiger partial charge in [-0.1, -0.05) is 49.2 Å². The van der Waals surface area contributed by atoms with Crippen LogP contribution in [0.3, 0.4) is 0 Å². The van der Waals surface area contributed by atoms with Crippen molar-refractivity contribution >= 4 is 44.9 Å². The molecule has 2 aromatic rings. The van der Waals surface area contributed by atoms with Gasteiger partial charge in [-0.15, -0.1) is 0 Å². The molecular weight excluding hydrogens is 398 g/mol. The molecule has 0 radical (unpaired) electrons. The molecule has 1 fully saturated rings. The van der Waals surface area contributed by atoms with Crippen LogP contribution in [0.2, 0.25) is 0 Å². The number of carbonyl (C=O) groups excluding carboxylic acids is 1. The largest absolute Gasteiger partial charge is 0.301 e. The van der Waals surface area contributed by atoms with Crippen LogP contribution in [0.4, 0.5) is 5.13 Å². The zero-order valence-corrected chi connectivity index (χ0v) is 17.5. The Kier molecular flexibility index (Phi) is 7.05. The molecule has 1 heterocycles. The summed E-state index contributed by atoms with van der Waals surface area (Å²) in [4.78, 5) is 18.0. The van der Waals surface area contributed by atoms with Gasteiger partial charge in [0.25, 0.3) is 0 Å². The normalized spacial score (nSPS) is 16.6. The highest BCUT2D eigenvalue weighted by molar-refractivity contribution is 8.05. The number of nitrogens with one attached hydrogen (secondary N) is 1. The Morgan fingerprint density at radius 3 is 2.74 bits per heavy atom. The summed E-state index contributed by atoms with van der Waals surface area (Å²) < 4.78 is 12.4. The van der Waals surface area contributed by atoms with Gasteiger partial charge < -0.3 is 5.32 Å². The first kappa shape index (κ1) is 20.1. The van der Waals surface area contributed by atoms with E-state index >= 15 is 0 Å². The van der Waals surface area contributed by atoms with Crippen molar-refractivity contribution in [3.8, 4) is 5.40 Å². The van der Waals surface area contributed by atoms with Crippen LogP contribution in [0.25, 0.3) is 0 Å². The quantitative estimate of drug-likeness (QED) is 0.517. The number of thioether (sulfide) groups is 1. The van der Waals surface area contributed by atoms with Crippen molar-refractivity contribution in [2.24, 2.45) is 5.92 Å². The predicted octanol–water partition coefficient (Wildman–Crippen LogP) is 4.76. The number of aromatic nitrogens is 1. The Morgan fingerprint density at radius 1 is 1.41 bits per heavy atom.